The highest BCUT2D eigenvalue weighted by molar-refractivity contribution is 6.30. The number of hydrogen-bond acceptors (Lipinski definition) is 3. The van der Waals surface area contributed by atoms with Crippen LogP contribution in [0.5, 0.6) is 0 Å². The summed E-state index contributed by atoms with van der Waals surface area (Å²) in [5, 5.41) is 5.25. The molecule has 124 valence electrons. The van der Waals surface area contributed by atoms with E-state index in [2.05, 4.69) is 10.00 Å². The number of hydrogen-bond donors (Lipinski definition) is 0. The predicted octanol–water partition coefficient (Wildman–Crippen LogP) is 3.67. The van der Waals surface area contributed by atoms with Gasteiger partial charge in [-0.05, 0) is 56.1 Å². The highest BCUT2D eigenvalue weighted by Gasteiger charge is 2.18. The number of benzene rings is 1. The Bertz CT molecular complexity index is 605. The lowest BCUT2D eigenvalue weighted by molar-refractivity contribution is 0.0701. The minimum Gasteiger partial charge on any atom is -0.367 e. The molecule has 1 saturated heterocycles. The Morgan fingerprint density at radius 1 is 1.17 bits per heavy atom. The molecule has 0 amide bonds. The minimum atomic E-state index is -0.132. The fourth-order valence-corrected chi connectivity index (χ4v) is 3.18. The lowest BCUT2D eigenvalue weighted by atomic mass is 10.1. The van der Waals surface area contributed by atoms with Crippen LogP contribution < -0.4 is 0 Å². The van der Waals surface area contributed by atoms with Crippen molar-refractivity contribution < 1.29 is 4.74 Å². The van der Waals surface area contributed by atoms with Crippen molar-refractivity contribution in [3.63, 3.8) is 0 Å². The van der Waals surface area contributed by atoms with Gasteiger partial charge in [-0.3, -0.25) is 4.68 Å². The smallest absolute Gasteiger partial charge is 0.126 e. The van der Waals surface area contributed by atoms with Crippen molar-refractivity contribution in [2.24, 2.45) is 7.05 Å². The van der Waals surface area contributed by atoms with Crippen LogP contribution in [0.3, 0.4) is 0 Å². The van der Waals surface area contributed by atoms with Gasteiger partial charge in [-0.25, -0.2) is 0 Å². The van der Waals surface area contributed by atoms with Crippen molar-refractivity contribution in [2.75, 3.05) is 26.2 Å². The molecule has 0 saturated carbocycles. The summed E-state index contributed by atoms with van der Waals surface area (Å²) in [6.45, 7) is 4.33. The molecule has 1 atom stereocenters. The van der Waals surface area contributed by atoms with Crippen molar-refractivity contribution in [1.82, 2.24) is 14.7 Å². The summed E-state index contributed by atoms with van der Waals surface area (Å²) >= 11 is 6.00. The molecule has 0 radical (unpaired) electrons. The van der Waals surface area contributed by atoms with Gasteiger partial charge in [0.15, 0.2) is 0 Å². The lowest BCUT2D eigenvalue weighted by Crippen LogP contribution is -2.22. The number of rotatable bonds is 7. The van der Waals surface area contributed by atoms with Crippen LogP contribution in [0.4, 0.5) is 0 Å². The Labute approximate surface area is 143 Å². The Hall–Kier alpha value is -1.36. The highest BCUT2D eigenvalue weighted by Crippen LogP contribution is 2.26. The SMILES string of the molecule is Cn1ccc(C(OCCCN2CCCC2)c2ccc(Cl)cc2)n1. The third-order valence-electron chi connectivity index (χ3n) is 4.28. The zero-order chi connectivity index (χ0) is 16.1. The summed E-state index contributed by atoms with van der Waals surface area (Å²) < 4.78 is 7.99. The van der Waals surface area contributed by atoms with E-state index in [4.69, 9.17) is 16.3 Å². The van der Waals surface area contributed by atoms with E-state index >= 15 is 0 Å². The van der Waals surface area contributed by atoms with Gasteiger partial charge in [-0.15, -0.1) is 0 Å². The van der Waals surface area contributed by atoms with Crippen LogP contribution in [0.15, 0.2) is 36.5 Å². The van der Waals surface area contributed by atoms with Gasteiger partial charge in [0, 0.05) is 31.4 Å². The van der Waals surface area contributed by atoms with Crippen molar-refractivity contribution in [3.8, 4) is 0 Å². The molecule has 2 heterocycles. The fraction of sp³-hybridized carbons (Fsp3) is 0.500. The van der Waals surface area contributed by atoms with Gasteiger partial charge in [0.1, 0.15) is 6.10 Å². The maximum absolute atomic E-state index is 6.18. The average Bonchev–Trinajstić information content (AvgIpc) is 3.20. The molecule has 1 unspecified atom stereocenters. The fourth-order valence-electron chi connectivity index (χ4n) is 3.06. The largest absolute Gasteiger partial charge is 0.367 e. The molecule has 0 N–H and O–H groups in total. The molecule has 1 aliphatic rings. The first-order valence-corrected chi connectivity index (χ1v) is 8.69. The Kier molecular flexibility index (Phi) is 5.70. The Morgan fingerprint density at radius 2 is 1.91 bits per heavy atom. The van der Waals surface area contributed by atoms with Crippen LogP contribution in [-0.2, 0) is 11.8 Å². The zero-order valence-corrected chi connectivity index (χ0v) is 14.4. The second-order valence-electron chi connectivity index (χ2n) is 6.12. The van der Waals surface area contributed by atoms with E-state index in [1.54, 1.807) is 0 Å². The molecule has 1 aromatic carbocycles. The van der Waals surface area contributed by atoms with Crippen molar-refractivity contribution in [2.45, 2.75) is 25.4 Å². The number of nitrogens with zero attached hydrogens (tertiary/aromatic N) is 3. The molecule has 0 spiro atoms. The number of halogens is 1. The normalized spacial score (nSPS) is 16.8. The van der Waals surface area contributed by atoms with Crippen molar-refractivity contribution in [1.29, 1.82) is 0 Å². The van der Waals surface area contributed by atoms with Gasteiger partial charge in [0.25, 0.3) is 0 Å². The molecule has 2 aromatic rings. The molecule has 0 aliphatic carbocycles. The molecule has 1 fully saturated rings. The quantitative estimate of drug-likeness (QED) is 0.724. The van der Waals surface area contributed by atoms with Gasteiger partial charge in [0.2, 0.25) is 0 Å². The van der Waals surface area contributed by atoms with Gasteiger partial charge >= 0.3 is 0 Å². The molecule has 5 heteroatoms. The second kappa shape index (κ2) is 7.95. The van der Waals surface area contributed by atoms with Crippen molar-refractivity contribution >= 4 is 11.6 Å². The number of aromatic nitrogens is 2. The molecular weight excluding hydrogens is 310 g/mol. The summed E-state index contributed by atoms with van der Waals surface area (Å²) in [6.07, 6.45) is 5.54. The zero-order valence-electron chi connectivity index (χ0n) is 13.6. The summed E-state index contributed by atoms with van der Waals surface area (Å²) in [6, 6.07) is 9.85. The van der Waals surface area contributed by atoms with E-state index in [9.17, 15) is 0 Å². The van der Waals surface area contributed by atoms with E-state index in [0.29, 0.717) is 0 Å². The lowest BCUT2D eigenvalue weighted by Gasteiger charge is -2.18. The topological polar surface area (TPSA) is 30.3 Å². The minimum absolute atomic E-state index is 0.132. The predicted molar refractivity (Wildman–Crippen MR) is 92.7 cm³/mol. The average molecular weight is 334 g/mol. The maximum Gasteiger partial charge on any atom is 0.126 e. The highest BCUT2D eigenvalue weighted by atomic mass is 35.5. The van der Waals surface area contributed by atoms with Crippen LogP contribution in [0, 0.1) is 0 Å². The van der Waals surface area contributed by atoms with Gasteiger partial charge < -0.3 is 9.64 Å². The van der Waals surface area contributed by atoms with Crippen LogP contribution in [0.2, 0.25) is 5.02 Å². The van der Waals surface area contributed by atoms with E-state index < -0.39 is 0 Å². The van der Waals surface area contributed by atoms with E-state index in [1.807, 2.05) is 48.3 Å². The van der Waals surface area contributed by atoms with E-state index in [1.165, 1.54) is 25.9 Å². The molecule has 1 aliphatic heterocycles. The third-order valence-corrected chi connectivity index (χ3v) is 4.53. The summed E-state index contributed by atoms with van der Waals surface area (Å²) in [5.74, 6) is 0. The summed E-state index contributed by atoms with van der Waals surface area (Å²) in [4.78, 5) is 2.52. The summed E-state index contributed by atoms with van der Waals surface area (Å²) in [7, 11) is 1.93. The Morgan fingerprint density at radius 3 is 2.57 bits per heavy atom. The first-order valence-electron chi connectivity index (χ1n) is 8.31. The monoisotopic (exact) mass is 333 g/mol. The van der Waals surface area contributed by atoms with E-state index in [-0.39, 0.29) is 6.10 Å². The van der Waals surface area contributed by atoms with Gasteiger partial charge in [-0.2, -0.15) is 5.10 Å². The first-order chi connectivity index (χ1) is 11.2. The summed E-state index contributed by atoms with van der Waals surface area (Å²) in [5.41, 5.74) is 2.03. The van der Waals surface area contributed by atoms with Gasteiger partial charge in [0.05, 0.1) is 5.69 Å². The molecule has 23 heavy (non-hydrogen) atoms. The van der Waals surface area contributed by atoms with Crippen LogP contribution in [0.25, 0.3) is 0 Å². The van der Waals surface area contributed by atoms with Gasteiger partial charge in [-0.1, -0.05) is 23.7 Å². The molecular formula is C18H24ClN3O. The number of ether oxygens (including phenoxy) is 1. The molecule has 3 rings (SSSR count). The van der Waals surface area contributed by atoms with Crippen LogP contribution in [-0.4, -0.2) is 40.9 Å². The van der Waals surface area contributed by atoms with Crippen LogP contribution in [0.1, 0.15) is 36.6 Å². The third kappa shape index (κ3) is 4.56. The molecule has 1 aromatic heterocycles. The number of aryl methyl sites for hydroxylation is 1. The second-order valence-corrected chi connectivity index (χ2v) is 6.56. The van der Waals surface area contributed by atoms with Crippen LogP contribution >= 0.6 is 11.6 Å². The van der Waals surface area contributed by atoms with E-state index in [0.717, 1.165) is 35.9 Å². The Balaban J connectivity index is 1.62. The maximum atomic E-state index is 6.18. The van der Waals surface area contributed by atoms with Crippen molar-refractivity contribution in [3.05, 3.63) is 52.8 Å². The molecule has 0 bridgehead atoms. The standard InChI is InChI=1S/C18H24ClN3O/c1-21-13-9-17(20-21)18(15-5-7-16(19)8-6-15)23-14-4-12-22-10-2-3-11-22/h5-9,13,18H,2-4,10-12,14H2,1H3. The molecule has 4 nitrogen and oxygen atoms in total. The first kappa shape index (κ1) is 16.5. The number of likely N-dealkylation sites (tertiary alicyclic amines) is 1.